The average molecular weight is 370 g/mol. The molecule has 0 saturated heterocycles. The summed E-state index contributed by atoms with van der Waals surface area (Å²) in [6.07, 6.45) is 0. The highest BCUT2D eigenvalue weighted by Crippen LogP contribution is 2.34. The Morgan fingerprint density at radius 2 is 1.81 bits per heavy atom. The van der Waals surface area contributed by atoms with E-state index in [1.807, 2.05) is 50.2 Å². The molecular formula is C20H22N2O5. The molecule has 3 rings (SSSR count). The highest BCUT2D eigenvalue weighted by molar-refractivity contribution is 5.91. The molecule has 142 valence electrons. The standard InChI is InChI=1S/C20H22N2O5/c1-13(15-6-9-17-18(10-15)27-12-26-17)21-19(23)11-25-20(24)14-4-7-16(8-5-14)22(2)3/h4-10,13H,11-12H2,1-3H3,(H,21,23)/t13-/m0/s1. The fourth-order valence-electron chi connectivity index (χ4n) is 2.66. The van der Waals surface area contributed by atoms with E-state index in [1.165, 1.54) is 0 Å². The molecule has 0 unspecified atom stereocenters. The molecule has 0 bridgehead atoms. The van der Waals surface area contributed by atoms with Gasteiger partial charge >= 0.3 is 5.97 Å². The zero-order valence-electron chi connectivity index (χ0n) is 15.5. The summed E-state index contributed by atoms with van der Waals surface area (Å²) in [6.45, 7) is 1.70. The van der Waals surface area contributed by atoms with Crippen LogP contribution in [0, 0.1) is 0 Å². The van der Waals surface area contributed by atoms with Gasteiger partial charge in [0.1, 0.15) is 0 Å². The number of carbonyl (C=O) groups is 2. The SMILES string of the molecule is C[C@H](NC(=O)COC(=O)c1ccc(N(C)C)cc1)c1ccc2c(c1)OCO2. The van der Waals surface area contributed by atoms with Crippen LogP contribution in [0.15, 0.2) is 42.5 Å². The lowest BCUT2D eigenvalue weighted by Gasteiger charge is -2.15. The molecule has 0 radical (unpaired) electrons. The Labute approximate surface area is 157 Å². The summed E-state index contributed by atoms with van der Waals surface area (Å²) in [5, 5.41) is 2.80. The van der Waals surface area contributed by atoms with E-state index in [1.54, 1.807) is 18.2 Å². The van der Waals surface area contributed by atoms with Gasteiger partial charge in [-0.05, 0) is 48.9 Å². The van der Waals surface area contributed by atoms with E-state index in [0.717, 1.165) is 11.3 Å². The van der Waals surface area contributed by atoms with Crippen molar-refractivity contribution in [2.45, 2.75) is 13.0 Å². The van der Waals surface area contributed by atoms with Crippen LogP contribution in [0.2, 0.25) is 0 Å². The van der Waals surface area contributed by atoms with E-state index < -0.39 is 5.97 Å². The van der Waals surface area contributed by atoms with Crippen LogP contribution in [0.1, 0.15) is 28.9 Å². The number of ether oxygens (including phenoxy) is 3. The Bertz CT molecular complexity index is 833. The average Bonchev–Trinajstić information content (AvgIpc) is 3.13. The van der Waals surface area contributed by atoms with Gasteiger partial charge in [-0.3, -0.25) is 4.79 Å². The second kappa shape index (κ2) is 7.99. The fraction of sp³-hybridized carbons (Fsp3) is 0.300. The molecule has 1 aliphatic heterocycles. The molecule has 1 amide bonds. The minimum atomic E-state index is -0.536. The molecule has 1 atom stereocenters. The first-order chi connectivity index (χ1) is 12.9. The first kappa shape index (κ1) is 18.6. The van der Waals surface area contributed by atoms with Crippen LogP contribution in [-0.4, -0.2) is 39.4 Å². The van der Waals surface area contributed by atoms with Crippen LogP contribution in [-0.2, 0) is 9.53 Å². The molecule has 0 fully saturated rings. The lowest BCUT2D eigenvalue weighted by Crippen LogP contribution is -2.31. The molecule has 1 aliphatic rings. The molecule has 0 aromatic heterocycles. The van der Waals surface area contributed by atoms with Crippen LogP contribution in [0.3, 0.4) is 0 Å². The minimum absolute atomic E-state index is 0.199. The summed E-state index contributed by atoms with van der Waals surface area (Å²) in [7, 11) is 3.83. The zero-order chi connectivity index (χ0) is 19.4. The molecule has 0 saturated carbocycles. The number of rotatable bonds is 6. The number of hydrogen-bond acceptors (Lipinski definition) is 6. The molecule has 2 aromatic rings. The molecule has 7 nitrogen and oxygen atoms in total. The van der Waals surface area contributed by atoms with Crippen LogP contribution < -0.4 is 19.7 Å². The number of anilines is 1. The summed E-state index contributed by atoms with van der Waals surface area (Å²) in [4.78, 5) is 26.1. The zero-order valence-corrected chi connectivity index (χ0v) is 15.5. The maximum Gasteiger partial charge on any atom is 0.338 e. The van der Waals surface area contributed by atoms with Crippen molar-refractivity contribution in [1.82, 2.24) is 5.32 Å². The fourth-order valence-corrected chi connectivity index (χ4v) is 2.66. The predicted octanol–water partition coefficient (Wildman–Crippen LogP) is 2.52. The Morgan fingerprint density at radius 3 is 2.52 bits per heavy atom. The molecule has 0 spiro atoms. The van der Waals surface area contributed by atoms with Gasteiger partial charge in [0.05, 0.1) is 11.6 Å². The number of carbonyl (C=O) groups excluding carboxylic acids is 2. The van der Waals surface area contributed by atoms with Gasteiger partial charge in [-0.15, -0.1) is 0 Å². The number of nitrogens with zero attached hydrogens (tertiary/aromatic N) is 1. The summed E-state index contributed by atoms with van der Waals surface area (Å²) in [5.41, 5.74) is 2.25. The van der Waals surface area contributed by atoms with E-state index in [9.17, 15) is 9.59 Å². The van der Waals surface area contributed by atoms with Crippen molar-refractivity contribution in [2.24, 2.45) is 0 Å². The highest BCUT2D eigenvalue weighted by atomic mass is 16.7. The van der Waals surface area contributed by atoms with Gasteiger partial charge in [0.15, 0.2) is 18.1 Å². The molecule has 2 aromatic carbocycles. The van der Waals surface area contributed by atoms with E-state index in [4.69, 9.17) is 14.2 Å². The van der Waals surface area contributed by atoms with E-state index in [-0.39, 0.29) is 25.3 Å². The van der Waals surface area contributed by atoms with Crippen LogP contribution >= 0.6 is 0 Å². The van der Waals surface area contributed by atoms with Gasteiger partial charge in [-0.2, -0.15) is 0 Å². The molecule has 27 heavy (non-hydrogen) atoms. The van der Waals surface area contributed by atoms with Gasteiger partial charge in [-0.1, -0.05) is 6.07 Å². The van der Waals surface area contributed by atoms with E-state index in [0.29, 0.717) is 17.1 Å². The van der Waals surface area contributed by atoms with Crippen LogP contribution in [0.25, 0.3) is 0 Å². The Morgan fingerprint density at radius 1 is 1.11 bits per heavy atom. The molecular weight excluding hydrogens is 348 g/mol. The lowest BCUT2D eigenvalue weighted by molar-refractivity contribution is -0.124. The summed E-state index contributed by atoms with van der Waals surface area (Å²) >= 11 is 0. The Balaban J connectivity index is 1.50. The van der Waals surface area contributed by atoms with Gasteiger partial charge in [-0.25, -0.2) is 4.79 Å². The predicted molar refractivity (Wildman–Crippen MR) is 100 cm³/mol. The summed E-state index contributed by atoms with van der Waals surface area (Å²) in [5.74, 6) is 0.428. The number of nitrogens with one attached hydrogen (secondary N) is 1. The third kappa shape index (κ3) is 4.49. The lowest BCUT2D eigenvalue weighted by atomic mass is 10.1. The quantitative estimate of drug-likeness (QED) is 0.788. The number of hydrogen-bond donors (Lipinski definition) is 1. The van der Waals surface area contributed by atoms with E-state index in [2.05, 4.69) is 5.32 Å². The second-order valence-electron chi connectivity index (χ2n) is 6.42. The summed E-state index contributed by atoms with van der Waals surface area (Å²) < 4.78 is 15.7. The second-order valence-corrected chi connectivity index (χ2v) is 6.42. The third-order valence-corrected chi connectivity index (χ3v) is 4.23. The van der Waals surface area contributed by atoms with Gasteiger partial charge < -0.3 is 24.4 Å². The Hall–Kier alpha value is -3.22. The number of fused-ring (bicyclic) bond motifs is 1. The number of benzene rings is 2. The highest BCUT2D eigenvalue weighted by Gasteiger charge is 2.17. The molecule has 0 aliphatic carbocycles. The normalized spacial score (nSPS) is 13.0. The van der Waals surface area contributed by atoms with Crippen LogP contribution in [0.4, 0.5) is 5.69 Å². The monoisotopic (exact) mass is 370 g/mol. The van der Waals surface area contributed by atoms with Crippen molar-refractivity contribution in [3.05, 3.63) is 53.6 Å². The van der Waals surface area contributed by atoms with Gasteiger partial charge in [0.2, 0.25) is 6.79 Å². The third-order valence-electron chi connectivity index (χ3n) is 4.23. The number of amides is 1. The molecule has 1 heterocycles. The van der Waals surface area contributed by atoms with Crippen LogP contribution in [0.5, 0.6) is 11.5 Å². The minimum Gasteiger partial charge on any atom is -0.454 e. The summed E-state index contributed by atoms with van der Waals surface area (Å²) in [6, 6.07) is 12.2. The van der Waals surface area contributed by atoms with Crippen molar-refractivity contribution >= 4 is 17.6 Å². The van der Waals surface area contributed by atoms with Crippen molar-refractivity contribution in [1.29, 1.82) is 0 Å². The van der Waals surface area contributed by atoms with E-state index >= 15 is 0 Å². The van der Waals surface area contributed by atoms with Crippen molar-refractivity contribution < 1.29 is 23.8 Å². The smallest absolute Gasteiger partial charge is 0.338 e. The van der Waals surface area contributed by atoms with Crippen molar-refractivity contribution in [3.63, 3.8) is 0 Å². The molecule has 7 heteroatoms. The first-order valence-electron chi connectivity index (χ1n) is 8.57. The van der Waals surface area contributed by atoms with Gasteiger partial charge in [0.25, 0.3) is 5.91 Å². The van der Waals surface area contributed by atoms with Crippen molar-refractivity contribution in [2.75, 3.05) is 32.4 Å². The largest absolute Gasteiger partial charge is 0.454 e. The first-order valence-corrected chi connectivity index (χ1v) is 8.57. The maximum absolute atomic E-state index is 12.1. The maximum atomic E-state index is 12.1. The molecule has 1 N–H and O–H groups in total. The van der Waals surface area contributed by atoms with Gasteiger partial charge in [0, 0.05) is 19.8 Å². The topological polar surface area (TPSA) is 77.1 Å². The Kier molecular flexibility index (Phi) is 5.49. The number of esters is 1. The van der Waals surface area contributed by atoms with Crippen molar-refractivity contribution in [3.8, 4) is 11.5 Å².